The van der Waals surface area contributed by atoms with E-state index in [1.165, 1.54) is 180 Å². The van der Waals surface area contributed by atoms with Crippen molar-refractivity contribution in [1.82, 2.24) is 0 Å². The molecular formula is C76H148O17P2. The van der Waals surface area contributed by atoms with Crippen molar-refractivity contribution in [2.45, 2.75) is 401 Å². The van der Waals surface area contributed by atoms with E-state index in [9.17, 15) is 43.2 Å². The summed E-state index contributed by atoms with van der Waals surface area (Å²) in [6, 6.07) is 0. The number of carbonyl (C=O) groups is 4. The summed E-state index contributed by atoms with van der Waals surface area (Å²) < 4.78 is 68.4. The van der Waals surface area contributed by atoms with Gasteiger partial charge in [-0.3, -0.25) is 37.3 Å². The van der Waals surface area contributed by atoms with E-state index in [4.69, 9.17) is 37.0 Å². The zero-order valence-corrected chi connectivity index (χ0v) is 64.1. The molecule has 0 saturated heterocycles. The number of aliphatic hydroxyl groups excluding tert-OH is 1. The number of hydrogen-bond acceptors (Lipinski definition) is 15. The third-order valence-corrected chi connectivity index (χ3v) is 19.8. The number of esters is 4. The summed E-state index contributed by atoms with van der Waals surface area (Å²) in [6.45, 7) is 14.1. The average Bonchev–Trinajstić information content (AvgIpc) is 1.98. The number of unbranched alkanes of at least 4 members (excludes halogenated alkanes) is 38. The number of hydrogen-bond donors (Lipinski definition) is 3. The summed E-state index contributed by atoms with van der Waals surface area (Å²) in [4.78, 5) is 72.7. The van der Waals surface area contributed by atoms with E-state index in [0.29, 0.717) is 31.6 Å². The Hall–Kier alpha value is -1.94. The number of aliphatic hydroxyl groups is 1. The van der Waals surface area contributed by atoms with Crippen LogP contribution in [0.25, 0.3) is 0 Å². The number of rotatable bonds is 73. The van der Waals surface area contributed by atoms with Gasteiger partial charge >= 0.3 is 39.5 Å². The molecule has 0 fully saturated rings. The van der Waals surface area contributed by atoms with Crippen LogP contribution in [0, 0.1) is 23.7 Å². The molecule has 17 nitrogen and oxygen atoms in total. The number of phosphoric ester groups is 2. The van der Waals surface area contributed by atoms with E-state index in [1.807, 2.05) is 0 Å². The molecule has 0 amide bonds. The van der Waals surface area contributed by atoms with Gasteiger partial charge in [-0.15, -0.1) is 0 Å². The van der Waals surface area contributed by atoms with Gasteiger partial charge in [-0.25, -0.2) is 9.13 Å². The summed E-state index contributed by atoms with van der Waals surface area (Å²) >= 11 is 0. The van der Waals surface area contributed by atoms with Gasteiger partial charge in [0.15, 0.2) is 12.2 Å². The van der Waals surface area contributed by atoms with Crippen molar-refractivity contribution in [3.63, 3.8) is 0 Å². The Morgan fingerprint density at radius 1 is 0.295 bits per heavy atom. The normalized spacial score (nSPS) is 14.4. The lowest BCUT2D eigenvalue weighted by molar-refractivity contribution is -0.161. The van der Waals surface area contributed by atoms with Crippen molar-refractivity contribution in [2.24, 2.45) is 23.7 Å². The van der Waals surface area contributed by atoms with E-state index >= 15 is 0 Å². The molecule has 0 aliphatic carbocycles. The Kier molecular flexibility index (Phi) is 64.0. The predicted octanol–water partition coefficient (Wildman–Crippen LogP) is 22.0. The SMILES string of the molecule is CCC(C)CCCCCCCCCCCCCCCCCCCCC(=O)OC[C@H](COP(=O)(O)OCC(O)COP(=O)(O)OC[C@@H](COC(=O)CCCCCCCCCC(C)C)OC(=O)CCCCCCCCCCCC(C)C)OC(=O)CCCCCCCCCCC(C)C. The van der Waals surface area contributed by atoms with Crippen molar-refractivity contribution >= 4 is 39.5 Å². The summed E-state index contributed by atoms with van der Waals surface area (Å²) in [5.74, 6) is 0.908. The molecule has 0 rings (SSSR count). The van der Waals surface area contributed by atoms with Gasteiger partial charge < -0.3 is 33.8 Å². The van der Waals surface area contributed by atoms with Gasteiger partial charge in [-0.2, -0.15) is 0 Å². The second-order valence-corrected chi connectivity index (χ2v) is 32.0. The molecule has 0 radical (unpaired) electrons. The molecule has 4 unspecified atom stereocenters. The van der Waals surface area contributed by atoms with E-state index in [2.05, 4.69) is 55.4 Å². The van der Waals surface area contributed by atoms with Gasteiger partial charge in [-0.1, -0.05) is 331 Å². The van der Waals surface area contributed by atoms with Gasteiger partial charge in [-0.05, 0) is 49.4 Å². The molecule has 0 saturated carbocycles. The topological polar surface area (TPSA) is 237 Å². The van der Waals surface area contributed by atoms with Crippen LogP contribution in [0.5, 0.6) is 0 Å². The minimum absolute atomic E-state index is 0.104. The molecular weight excluding hydrogens is 1250 g/mol. The van der Waals surface area contributed by atoms with E-state index in [0.717, 1.165) is 114 Å². The van der Waals surface area contributed by atoms with Gasteiger partial charge in [0.25, 0.3) is 0 Å². The third-order valence-electron chi connectivity index (χ3n) is 17.9. The van der Waals surface area contributed by atoms with Crippen LogP contribution in [0.2, 0.25) is 0 Å². The molecule has 0 spiro atoms. The Bertz CT molecular complexity index is 1870. The van der Waals surface area contributed by atoms with Crippen LogP contribution < -0.4 is 0 Å². The molecule has 95 heavy (non-hydrogen) atoms. The highest BCUT2D eigenvalue weighted by molar-refractivity contribution is 7.47. The summed E-state index contributed by atoms with van der Waals surface area (Å²) in [6.07, 6.45) is 50.3. The summed E-state index contributed by atoms with van der Waals surface area (Å²) in [5, 5.41) is 10.6. The summed E-state index contributed by atoms with van der Waals surface area (Å²) in [5.41, 5.74) is 0. The van der Waals surface area contributed by atoms with Crippen molar-refractivity contribution in [1.29, 1.82) is 0 Å². The molecule has 0 aromatic carbocycles. The molecule has 0 aliphatic rings. The first-order valence-electron chi connectivity index (χ1n) is 39.2. The molecule has 0 heterocycles. The maximum Gasteiger partial charge on any atom is 0.472 e. The number of carbonyl (C=O) groups excluding carboxylic acids is 4. The van der Waals surface area contributed by atoms with E-state index in [-0.39, 0.29) is 25.7 Å². The van der Waals surface area contributed by atoms with Crippen LogP contribution in [0.1, 0.15) is 383 Å². The fourth-order valence-corrected chi connectivity index (χ4v) is 13.1. The van der Waals surface area contributed by atoms with Crippen LogP contribution in [0.4, 0.5) is 0 Å². The lowest BCUT2D eigenvalue weighted by Gasteiger charge is -2.21. The maximum atomic E-state index is 13.1. The number of ether oxygens (including phenoxy) is 4. The zero-order valence-electron chi connectivity index (χ0n) is 62.3. The Balaban J connectivity index is 5.14. The molecule has 0 aliphatic heterocycles. The van der Waals surface area contributed by atoms with Crippen molar-refractivity contribution in [3.8, 4) is 0 Å². The minimum Gasteiger partial charge on any atom is -0.462 e. The second-order valence-electron chi connectivity index (χ2n) is 29.1. The van der Waals surface area contributed by atoms with Crippen LogP contribution in [-0.2, 0) is 65.4 Å². The smallest absolute Gasteiger partial charge is 0.462 e. The lowest BCUT2D eigenvalue weighted by Crippen LogP contribution is -2.30. The average molecular weight is 1400 g/mol. The van der Waals surface area contributed by atoms with E-state index in [1.54, 1.807) is 0 Å². The van der Waals surface area contributed by atoms with Crippen LogP contribution in [0.15, 0.2) is 0 Å². The van der Waals surface area contributed by atoms with E-state index < -0.39 is 97.5 Å². The molecule has 0 bridgehead atoms. The lowest BCUT2D eigenvalue weighted by atomic mass is 9.99. The molecule has 564 valence electrons. The second kappa shape index (κ2) is 65.4. The highest BCUT2D eigenvalue weighted by Gasteiger charge is 2.30. The van der Waals surface area contributed by atoms with Crippen molar-refractivity contribution in [3.05, 3.63) is 0 Å². The summed E-state index contributed by atoms with van der Waals surface area (Å²) in [7, 11) is -9.91. The predicted molar refractivity (Wildman–Crippen MR) is 386 cm³/mol. The van der Waals surface area contributed by atoms with Crippen LogP contribution in [-0.4, -0.2) is 96.7 Å². The Labute approximate surface area is 581 Å². The maximum absolute atomic E-state index is 13.1. The van der Waals surface area contributed by atoms with Gasteiger partial charge in [0.05, 0.1) is 26.4 Å². The fraction of sp³-hybridized carbons (Fsp3) is 0.947. The first kappa shape index (κ1) is 93.1. The fourth-order valence-electron chi connectivity index (χ4n) is 11.5. The quantitative estimate of drug-likeness (QED) is 0.0222. The molecule has 6 atom stereocenters. The highest BCUT2D eigenvalue weighted by atomic mass is 31.2. The minimum atomic E-state index is -4.96. The van der Waals surface area contributed by atoms with Gasteiger partial charge in [0.1, 0.15) is 19.3 Å². The van der Waals surface area contributed by atoms with Crippen LogP contribution in [0.3, 0.4) is 0 Å². The Morgan fingerprint density at radius 2 is 0.505 bits per heavy atom. The first-order valence-corrected chi connectivity index (χ1v) is 42.2. The van der Waals surface area contributed by atoms with Crippen molar-refractivity contribution in [2.75, 3.05) is 39.6 Å². The standard InChI is InChI=1S/C76H148O17P2/c1-9-69(8)55-47-39-31-22-18-16-14-12-10-11-13-15-17-19-23-32-40-48-56-73(78)86-62-71(93-76(81)59-51-43-34-26-25-29-37-45-53-67(4)5)64-90-94(82,83)88-60-70(77)61-89-95(84,85)91-65-72(63-87-74(79)57-49-41-35-27-30-38-46-54-68(6)7)92-75(80)58-50-42-33-24-20-21-28-36-44-52-66(2)3/h66-72,77H,9-65H2,1-8H3,(H,82,83)(H,84,85)/t69?,70?,71-,72-/m1/s1. The van der Waals surface area contributed by atoms with Crippen LogP contribution >= 0.6 is 15.6 Å². The Morgan fingerprint density at radius 3 is 0.747 bits per heavy atom. The van der Waals surface area contributed by atoms with Gasteiger partial charge in [0.2, 0.25) is 0 Å². The first-order chi connectivity index (χ1) is 45.6. The van der Waals surface area contributed by atoms with Crippen molar-refractivity contribution < 1.29 is 80.2 Å². The zero-order chi connectivity index (χ0) is 70.3. The largest absolute Gasteiger partial charge is 0.472 e. The molecule has 19 heteroatoms. The monoisotopic (exact) mass is 1400 g/mol. The molecule has 0 aromatic rings. The molecule has 3 N–H and O–H groups in total. The van der Waals surface area contributed by atoms with Gasteiger partial charge in [0, 0.05) is 25.7 Å². The third kappa shape index (κ3) is 69.0. The number of phosphoric acid groups is 2. The molecule has 0 aromatic heterocycles. The highest BCUT2D eigenvalue weighted by Crippen LogP contribution is 2.45.